The largest absolute Gasteiger partial charge is 0.496 e. The van der Waals surface area contributed by atoms with Gasteiger partial charge in [0.15, 0.2) is 0 Å². The highest BCUT2D eigenvalue weighted by Crippen LogP contribution is 2.43. The Kier molecular flexibility index (Phi) is 5.27. The molecule has 1 aliphatic rings. The Morgan fingerprint density at radius 1 is 1.17 bits per heavy atom. The average molecular weight is 408 g/mol. The maximum absolute atomic E-state index is 13.0. The topological polar surface area (TPSA) is 70.1 Å². The Labute approximate surface area is 165 Å². The molecule has 1 N–H and O–H groups in total. The van der Waals surface area contributed by atoms with Crippen molar-refractivity contribution in [3.8, 4) is 5.75 Å². The van der Waals surface area contributed by atoms with E-state index in [1.807, 2.05) is 0 Å². The van der Waals surface area contributed by atoms with Gasteiger partial charge in [-0.15, -0.1) is 0 Å². The maximum Gasteiger partial charge on any atom is 0.416 e. The predicted octanol–water partition coefficient (Wildman–Crippen LogP) is 3.00. The molecule has 2 aromatic carbocycles. The molecule has 2 atom stereocenters. The van der Waals surface area contributed by atoms with Gasteiger partial charge in [-0.2, -0.15) is 13.2 Å². The Bertz CT molecular complexity index is 944. The van der Waals surface area contributed by atoms with E-state index in [2.05, 4.69) is 0 Å². The molecular formula is C20H19F3N2O4. The lowest BCUT2D eigenvalue weighted by atomic mass is 9.87. The van der Waals surface area contributed by atoms with Crippen LogP contribution < -0.4 is 14.5 Å². The molecule has 2 unspecified atom stereocenters. The molecule has 0 aliphatic carbocycles. The van der Waals surface area contributed by atoms with Crippen LogP contribution in [0.5, 0.6) is 5.75 Å². The summed E-state index contributed by atoms with van der Waals surface area (Å²) in [5.41, 5.74) is 0.0325. The van der Waals surface area contributed by atoms with Crippen LogP contribution in [-0.4, -0.2) is 38.1 Å². The molecule has 29 heavy (non-hydrogen) atoms. The van der Waals surface area contributed by atoms with Crippen molar-refractivity contribution in [1.82, 2.24) is 0 Å². The molecule has 1 heterocycles. The number of methoxy groups -OCH3 is 1. The first-order valence-corrected chi connectivity index (χ1v) is 8.65. The first kappa shape index (κ1) is 20.7. The highest BCUT2D eigenvalue weighted by Gasteiger charge is 2.45. The molecule has 0 radical (unpaired) electrons. The van der Waals surface area contributed by atoms with Gasteiger partial charge in [0.2, 0.25) is 11.8 Å². The number of fused-ring (bicyclic) bond motifs is 1. The second-order valence-corrected chi connectivity index (χ2v) is 6.65. The van der Waals surface area contributed by atoms with E-state index < -0.39 is 35.6 Å². The highest BCUT2D eigenvalue weighted by molar-refractivity contribution is 6.14. The number of anilines is 2. The zero-order chi connectivity index (χ0) is 21.5. The summed E-state index contributed by atoms with van der Waals surface area (Å²) in [6.45, 7) is 0. The SMILES string of the molecule is COc1cccc2c1C(O)C(C(=O)N(C)c1ccc(C(F)(F)F)cc1)C(=O)N2C. The van der Waals surface area contributed by atoms with E-state index in [0.29, 0.717) is 17.0 Å². The van der Waals surface area contributed by atoms with Gasteiger partial charge in [-0.1, -0.05) is 6.07 Å². The van der Waals surface area contributed by atoms with Gasteiger partial charge in [-0.05, 0) is 36.4 Å². The zero-order valence-corrected chi connectivity index (χ0v) is 15.9. The van der Waals surface area contributed by atoms with Gasteiger partial charge in [0.1, 0.15) is 17.8 Å². The average Bonchev–Trinajstić information content (AvgIpc) is 2.70. The van der Waals surface area contributed by atoms with E-state index in [1.165, 1.54) is 26.1 Å². The summed E-state index contributed by atoms with van der Waals surface area (Å²) in [7, 11) is 4.22. The number of carbonyl (C=O) groups is 2. The minimum atomic E-state index is -4.50. The van der Waals surface area contributed by atoms with Crippen molar-refractivity contribution >= 4 is 23.2 Å². The van der Waals surface area contributed by atoms with E-state index in [0.717, 1.165) is 29.2 Å². The van der Waals surface area contributed by atoms with E-state index in [1.54, 1.807) is 18.2 Å². The quantitative estimate of drug-likeness (QED) is 0.793. The number of carbonyl (C=O) groups excluding carboxylic acids is 2. The Hall–Kier alpha value is -3.07. The number of aliphatic hydroxyl groups is 1. The van der Waals surface area contributed by atoms with Crippen LogP contribution in [0.1, 0.15) is 17.2 Å². The molecule has 1 aliphatic heterocycles. The lowest BCUT2D eigenvalue weighted by Gasteiger charge is -2.36. The first-order valence-electron chi connectivity index (χ1n) is 8.65. The molecule has 9 heteroatoms. The number of rotatable bonds is 3. The molecule has 6 nitrogen and oxygen atoms in total. The van der Waals surface area contributed by atoms with Crippen LogP contribution in [0.2, 0.25) is 0 Å². The predicted molar refractivity (Wildman–Crippen MR) is 99.7 cm³/mol. The minimum Gasteiger partial charge on any atom is -0.496 e. The maximum atomic E-state index is 13.0. The van der Waals surface area contributed by atoms with Crippen LogP contribution in [0.25, 0.3) is 0 Å². The number of aliphatic hydroxyl groups excluding tert-OH is 1. The second-order valence-electron chi connectivity index (χ2n) is 6.65. The number of halogens is 3. The fourth-order valence-corrected chi connectivity index (χ4v) is 3.38. The van der Waals surface area contributed by atoms with Crippen LogP contribution in [0.3, 0.4) is 0 Å². The van der Waals surface area contributed by atoms with E-state index in [4.69, 9.17) is 4.74 Å². The molecule has 0 fully saturated rings. The van der Waals surface area contributed by atoms with Crippen molar-refractivity contribution in [3.63, 3.8) is 0 Å². The molecular weight excluding hydrogens is 389 g/mol. The lowest BCUT2D eigenvalue weighted by Crippen LogP contribution is -2.49. The third kappa shape index (κ3) is 3.53. The molecule has 2 amide bonds. The molecule has 0 aromatic heterocycles. The van der Waals surface area contributed by atoms with Gasteiger partial charge in [0, 0.05) is 25.3 Å². The number of ether oxygens (including phenoxy) is 1. The van der Waals surface area contributed by atoms with Crippen molar-refractivity contribution in [1.29, 1.82) is 0 Å². The number of hydrogen-bond donors (Lipinski definition) is 1. The molecule has 154 valence electrons. The van der Waals surface area contributed by atoms with Gasteiger partial charge in [-0.3, -0.25) is 9.59 Å². The summed E-state index contributed by atoms with van der Waals surface area (Å²) in [5, 5.41) is 10.8. The fraction of sp³-hybridized carbons (Fsp3) is 0.300. The van der Waals surface area contributed by atoms with E-state index >= 15 is 0 Å². The summed E-state index contributed by atoms with van der Waals surface area (Å²) in [6, 6.07) is 8.86. The van der Waals surface area contributed by atoms with Gasteiger partial charge in [0.25, 0.3) is 0 Å². The summed E-state index contributed by atoms with van der Waals surface area (Å²) >= 11 is 0. The summed E-state index contributed by atoms with van der Waals surface area (Å²) in [5.74, 6) is -2.51. The van der Waals surface area contributed by atoms with Crippen molar-refractivity contribution in [2.45, 2.75) is 12.3 Å². The molecule has 0 spiro atoms. The molecule has 0 bridgehead atoms. The molecule has 0 saturated carbocycles. The number of nitrogens with zero attached hydrogens (tertiary/aromatic N) is 2. The van der Waals surface area contributed by atoms with Crippen molar-refractivity contribution in [3.05, 3.63) is 53.6 Å². The van der Waals surface area contributed by atoms with Crippen LogP contribution in [0, 0.1) is 5.92 Å². The van der Waals surface area contributed by atoms with Gasteiger partial charge >= 0.3 is 6.18 Å². The number of alkyl halides is 3. The Morgan fingerprint density at radius 2 is 1.79 bits per heavy atom. The van der Waals surface area contributed by atoms with Crippen LogP contribution in [0.15, 0.2) is 42.5 Å². The summed E-state index contributed by atoms with van der Waals surface area (Å²) in [4.78, 5) is 28.1. The fourth-order valence-electron chi connectivity index (χ4n) is 3.38. The van der Waals surface area contributed by atoms with Crippen molar-refractivity contribution in [2.24, 2.45) is 5.92 Å². The first-order chi connectivity index (χ1) is 13.6. The minimum absolute atomic E-state index is 0.163. The monoisotopic (exact) mass is 408 g/mol. The standard InChI is InChI=1S/C20H19F3N2O4/c1-24(12-9-7-11(8-10-12)20(21,22)23)18(27)16-17(26)15-13(25(2)19(16)28)5-4-6-14(15)29-3/h4-10,16-17,26H,1-3H3. The van der Waals surface area contributed by atoms with Crippen molar-refractivity contribution in [2.75, 3.05) is 31.0 Å². The third-order valence-corrected chi connectivity index (χ3v) is 5.01. The Balaban J connectivity index is 1.95. The second kappa shape index (κ2) is 7.40. The zero-order valence-electron chi connectivity index (χ0n) is 15.9. The van der Waals surface area contributed by atoms with E-state index in [-0.39, 0.29) is 5.69 Å². The molecule has 0 saturated heterocycles. The number of benzene rings is 2. The van der Waals surface area contributed by atoms with Crippen LogP contribution >= 0.6 is 0 Å². The van der Waals surface area contributed by atoms with Gasteiger partial charge in [-0.25, -0.2) is 0 Å². The van der Waals surface area contributed by atoms with Gasteiger partial charge in [0.05, 0.1) is 18.4 Å². The Morgan fingerprint density at radius 3 is 2.34 bits per heavy atom. The summed E-state index contributed by atoms with van der Waals surface area (Å²) in [6.07, 6.45) is -5.96. The highest BCUT2D eigenvalue weighted by atomic mass is 19.4. The van der Waals surface area contributed by atoms with E-state index in [9.17, 15) is 27.9 Å². The normalized spacial score (nSPS) is 19.0. The lowest BCUT2D eigenvalue weighted by molar-refractivity contribution is -0.138. The van der Waals surface area contributed by atoms with Gasteiger partial charge < -0.3 is 19.6 Å². The smallest absolute Gasteiger partial charge is 0.416 e. The van der Waals surface area contributed by atoms with Crippen LogP contribution in [-0.2, 0) is 15.8 Å². The molecule has 2 aromatic rings. The van der Waals surface area contributed by atoms with Crippen molar-refractivity contribution < 1.29 is 32.6 Å². The molecule has 3 rings (SSSR count). The number of amides is 2. The van der Waals surface area contributed by atoms with Crippen LogP contribution in [0.4, 0.5) is 24.5 Å². The number of hydrogen-bond acceptors (Lipinski definition) is 4. The third-order valence-electron chi connectivity index (χ3n) is 5.01. The summed E-state index contributed by atoms with van der Waals surface area (Å²) < 4.78 is 43.5.